The van der Waals surface area contributed by atoms with E-state index in [-0.39, 0.29) is 12.0 Å². The van der Waals surface area contributed by atoms with Crippen molar-refractivity contribution in [2.45, 2.75) is 11.4 Å². The van der Waals surface area contributed by atoms with Gasteiger partial charge in [0.15, 0.2) is 6.61 Å². The summed E-state index contributed by atoms with van der Waals surface area (Å²) in [7, 11) is 0. The largest absolute Gasteiger partial charge is 0.482 e. The maximum absolute atomic E-state index is 10.8. The molecule has 0 spiro atoms. The Labute approximate surface area is 113 Å². The van der Waals surface area contributed by atoms with E-state index in [4.69, 9.17) is 14.9 Å². The van der Waals surface area contributed by atoms with Gasteiger partial charge in [0.25, 0.3) is 0 Å². The van der Waals surface area contributed by atoms with Gasteiger partial charge in [0.1, 0.15) is 11.8 Å². The molecular formula is C12H13NO5S. The predicted molar refractivity (Wildman–Crippen MR) is 69.3 cm³/mol. The fourth-order valence-corrected chi connectivity index (χ4v) is 2.92. The van der Waals surface area contributed by atoms with Crippen molar-refractivity contribution in [2.75, 3.05) is 12.4 Å². The predicted octanol–water partition coefficient (Wildman–Crippen LogP) is 0.938. The average molecular weight is 283 g/mol. The summed E-state index contributed by atoms with van der Waals surface area (Å²) in [5.74, 6) is -0.876. The molecule has 1 saturated heterocycles. The van der Waals surface area contributed by atoms with Gasteiger partial charge in [-0.05, 0) is 17.7 Å². The average Bonchev–Trinajstić information content (AvgIpc) is 2.86. The summed E-state index contributed by atoms with van der Waals surface area (Å²) in [5.41, 5.74) is 0.941. The van der Waals surface area contributed by atoms with Crippen LogP contribution in [0.15, 0.2) is 24.3 Å². The van der Waals surface area contributed by atoms with Crippen molar-refractivity contribution in [3.63, 3.8) is 0 Å². The van der Waals surface area contributed by atoms with Crippen molar-refractivity contribution in [3.8, 4) is 5.75 Å². The molecule has 102 valence electrons. The second-order valence-electron chi connectivity index (χ2n) is 4.02. The minimum atomic E-state index is -1.03. The van der Waals surface area contributed by atoms with E-state index in [9.17, 15) is 9.59 Å². The number of carboxylic acid groups (broad SMARTS) is 2. The first-order valence-electron chi connectivity index (χ1n) is 5.61. The van der Waals surface area contributed by atoms with Crippen LogP contribution in [0.5, 0.6) is 5.75 Å². The molecule has 7 heteroatoms. The van der Waals surface area contributed by atoms with Crippen molar-refractivity contribution >= 4 is 23.7 Å². The molecule has 0 saturated carbocycles. The molecule has 2 atom stereocenters. The molecule has 0 bridgehead atoms. The van der Waals surface area contributed by atoms with Gasteiger partial charge >= 0.3 is 11.9 Å². The van der Waals surface area contributed by atoms with Crippen LogP contribution >= 0.6 is 11.8 Å². The van der Waals surface area contributed by atoms with Gasteiger partial charge in [-0.25, -0.2) is 4.79 Å². The first-order valence-corrected chi connectivity index (χ1v) is 6.66. The fraction of sp³-hybridized carbons (Fsp3) is 0.333. The Hall–Kier alpha value is -1.73. The van der Waals surface area contributed by atoms with Crippen LogP contribution in [0.3, 0.4) is 0 Å². The Balaban J connectivity index is 1.95. The zero-order valence-electron chi connectivity index (χ0n) is 9.91. The zero-order valence-corrected chi connectivity index (χ0v) is 10.7. The number of carboxylic acids is 2. The Kier molecular flexibility index (Phi) is 4.28. The SMILES string of the molecule is O=C(O)COc1ccc([C@H]2N[C@@H](C(=O)O)CS2)cc1. The third kappa shape index (κ3) is 3.62. The van der Waals surface area contributed by atoms with Crippen LogP contribution in [0, 0.1) is 0 Å². The van der Waals surface area contributed by atoms with Gasteiger partial charge in [0, 0.05) is 5.75 Å². The quantitative estimate of drug-likeness (QED) is 0.740. The smallest absolute Gasteiger partial charge is 0.341 e. The molecule has 19 heavy (non-hydrogen) atoms. The number of hydrogen-bond donors (Lipinski definition) is 3. The van der Waals surface area contributed by atoms with Crippen LogP contribution in [0.1, 0.15) is 10.9 Å². The molecular weight excluding hydrogens is 270 g/mol. The van der Waals surface area contributed by atoms with E-state index in [1.807, 2.05) is 0 Å². The van der Waals surface area contributed by atoms with Crippen LogP contribution in [-0.2, 0) is 9.59 Å². The highest BCUT2D eigenvalue weighted by Gasteiger charge is 2.30. The van der Waals surface area contributed by atoms with Crippen LogP contribution in [-0.4, -0.2) is 40.6 Å². The van der Waals surface area contributed by atoms with Crippen molar-refractivity contribution in [2.24, 2.45) is 0 Å². The van der Waals surface area contributed by atoms with Crippen molar-refractivity contribution in [3.05, 3.63) is 29.8 Å². The van der Waals surface area contributed by atoms with Gasteiger partial charge in [-0.3, -0.25) is 10.1 Å². The standard InChI is InChI=1S/C12H13NO5S/c14-10(15)5-18-8-3-1-7(2-4-8)11-13-9(6-19-11)12(16)17/h1-4,9,11,13H,5-6H2,(H,14,15)(H,16,17)/t9-,11+/m1/s1. The number of ether oxygens (including phenoxy) is 1. The molecule has 0 amide bonds. The van der Waals surface area contributed by atoms with Crippen molar-refractivity contribution in [1.82, 2.24) is 5.32 Å². The van der Waals surface area contributed by atoms with Gasteiger partial charge in [-0.2, -0.15) is 0 Å². The maximum atomic E-state index is 10.8. The summed E-state index contributed by atoms with van der Waals surface area (Å²) in [6.45, 7) is -0.378. The number of rotatable bonds is 5. The maximum Gasteiger partial charge on any atom is 0.341 e. The number of benzene rings is 1. The number of nitrogens with one attached hydrogen (secondary N) is 1. The summed E-state index contributed by atoms with van der Waals surface area (Å²) in [6.07, 6.45) is 0. The first-order chi connectivity index (χ1) is 9.06. The molecule has 0 radical (unpaired) electrons. The lowest BCUT2D eigenvalue weighted by Gasteiger charge is -2.12. The Morgan fingerprint density at radius 3 is 2.53 bits per heavy atom. The molecule has 1 aromatic rings. The van der Waals surface area contributed by atoms with E-state index in [1.165, 1.54) is 11.8 Å². The van der Waals surface area contributed by atoms with E-state index >= 15 is 0 Å². The van der Waals surface area contributed by atoms with Gasteiger partial charge in [0.05, 0.1) is 5.37 Å². The topological polar surface area (TPSA) is 95.9 Å². The number of aliphatic carboxylic acids is 2. The van der Waals surface area contributed by atoms with Crippen LogP contribution < -0.4 is 10.1 Å². The van der Waals surface area contributed by atoms with Gasteiger partial charge in [-0.15, -0.1) is 11.8 Å². The molecule has 1 aliphatic heterocycles. The van der Waals surface area contributed by atoms with Crippen LogP contribution in [0.25, 0.3) is 0 Å². The zero-order chi connectivity index (χ0) is 13.8. The molecule has 1 heterocycles. The first kappa shape index (κ1) is 13.7. The van der Waals surface area contributed by atoms with Crippen LogP contribution in [0.2, 0.25) is 0 Å². The van der Waals surface area contributed by atoms with Gasteiger partial charge < -0.3 is 14.9 Å². The highest BCUT2D eigenvalue weighted by Crippen LogP contribution is 2.33. The third-order valence-corrected chi connectivity index (χ3v) is 3.89. The third-order valence-electron chi connectivity index (χ3n) is 2.63. The van der Waals surface area contributed by atoms with E-state index in [0.29, 0.717) is 11.5 Å². The molecule has 0 aromatic heterocycles. The molecule has 0 unspecified atom stereocenters. The summed E-state index contributed by atoms with van der Waals surface area (Å²) in [6, 6.07) is 6.42. The summed E-state index contributed by atoms with van der Waals surface area (Å²) in [4.78, 5) is 21.2. The number of hydrogen-bond acceptors (Lipinski definition) is 5. The Bertz CT molecular complexity index is 476. The van der Waals surface area contributed by atoms with Gasteiger partial charge in [-0.1, -0.05) is 12.1 Å². The number of carbonyl (C=O) groups is 2. The molecule has 3 N–H and O–H groups in total. The molecule has 1 aromatic carbocycles. The van der Waals surface area contributed by atoms with E-state index in [2.05, 4.69) is 5.32 Å². The minimum absolute atomic E-state index is 0.0605. The monoisotopic (exact) mass is 283 g/mol. The lowest BCUT2D eigenvalue weighted by atomic mass is 10.2. The summed E-state index contributed by atoms with van der Waals surface area (Å²) < 4.78 is 5.02. The molecule has 2 rings (SSSR count). The molecule has 1 fully saturated rings. The van der Waals surface area contributed by atoms with Crippen LogP contribution in [0.4, 0.5) is 0 Å². The van der Waals surface area contributed by atoms with E-state index < -0.39 is 18.0 Å². The van der Waals surface area contributed by atoms with Gasteiger partial charge in [0.2, 0.25) is 0 Å². The summed E-state index contributed by atoms with van der Waals surface area (Å²) >= 11 is 1.53. The lowest BCUT2D eigenvalue weighted by Crippen LogP contribution is -2.33. The van der Waals surface area contributed by atoms with E-state index in [1.54, 1.807) is 24.3 Å². The molecule has 1 aliphatic rings. The summed E-state index contributed by atoms with van der Waals surface area (Å²) in [5, 5.41) is 20.3. The Morgan fingerprint density at radius 1 is 1.32 bits per heavy atom. The molecule has 0 aliphatic carbocycles. The van der Waals surface area contributed by atoms with Crippen molar-refractivity contribution in [1.29, 1.82) is 0 Å². The highest BCUT2D eigenvalue weighted by atomic mass is 32.2. The second-order valence-corrected chi connectivity index (χ2v) is 5.16. The molecule has 6 nitrogen and oxygen atoms in total. The lowest BCUT2D eigenvalue weighted by molar-refractivity contribution is -0.140. The fourth-order valence-electron chi connectivity index (χ4n) is 1.69. The number of thioether (sulfide) groups is 1. The van der Waals surface area contributed by atoms with E-state index in [0.717, 1.165) is 5.56 Å². The normalized spacial score (nSPS) is 22.1. The van der Waals surface area contributed by atoms with Crippen molar-refractivity contribution < 1.29 is 24.5 Å². The minimum Gasteiger partial charge on any atom is -0.482 e. The Morgan fingerprint density at radius 2 is 2.00 bits per heavy atom. The highest BCUT2D eigenvalue weighted by molar-refractivity contribution is 7.99. The second kappa shape index (κ2) is 5.94.